The Labute approximate surface area is 114 Å². The monoisotopic (exact) mass is 280 g/mol. The predicted octanol–water partition coefficient (Wildman–Crippen LogP) is 1.65. The van der Waals surface area contributed by atoms with Crippen molar-refractivity contribution >= 4 is 17.7 Å². The molecule has 0 amide bonds. The number of hydrogen-bond acceptors (Lipinski definition) is 5. The summed E-state index contributed by atoms with van der Waals surface area (Å²) in [7, 11) is 0. The van der Waals surface area contributed by atoms with Crippen LogP contribution < -0.4 is 0 Å². The van der Waals surface area contributed by atoms with Crippen LogP contribution in [0.3, 0.4) is 0 Å². The summed E-state index contributed by atoms with van der Waals surface area (Å²) in [5.41, 5.74) is 0.333. The van der Waals surface area contributed by atoms with Crippen LogP contribution in [0, 0.1) is 5.82 Å². The van der Waals surface area contributed by atoms with Crippen molar-refractivity contribution in [2.45, 2.75) is 25.4 Å². The molecule has 20 heavy (non-hydrogen) atoms. The van der Waals surface area contributed by atoms with E-state index in [-0.39, 0.29) is 25.2 Å². The fourth-order valence-corrected chi connectivity index (χ4v) is 1.80. The molecule has 1 aromatic carbocycles. The molecular formula is C14H13FO5. The lowest BCUT2D eigenvalue weighted by Gasteiger charge is -2.07. The quantitative estimate of drug-likeness (QED) is 0.606. The largest absolute Gasteiger partial charge is 0.463 e. The normalized spacial score (nSPS) is 17.6. The Balaban J connectivity index is 1.79. The third-order valence-electron chi connectivity index (χ3n) is 2.88. The fraction of sp³-hybridized carbons (Fsp3) is 0.357. The van der Waals surface area contributed by atoms with Crippen molar-refractivity contribution in [3.63, 3.8) is 0 Å². The second-order valence-corrected chi connectivity index (χ2v) is 4.36. The minimum absolute atomic E-state index is 0.0494. The van der Waals surface area contributed by atoms with Gasteiger partial charge in [-0.1, -0.05) is 0 Å². The van der Waals surface area contributed by atoms with Gasteiger partial charge in [-0.25, -0.2) is 9.18 Å². The molecule has 1 aliphatic rings. The molecule has 1 fully saturated rings. The van der Waals surface area contributed by atoms with Crippen LogP contribution in [0.2, 0.25) is 0 Å². The zero-order valence-electron chi connectivity index (χ0n) is 10.6. The second-order valence-electron chi connectivity index (χ2n) is 4.36. The number of halogens is 1. The fourth-order valence-electron chi connectivity index (χ4n) is 1.80. The van der Waals surface area contributed by atoms with E-state index in [4.69, 9.17) is 4.74 Å². The van der Waals surface area contributed by atoms with Gasteiger partial charge >= 0.3 is 11.9 Å². The molecule has 1 heterocycles. The maximum absolute atomic E-state index is 12.7. The molecule has 0 N–H and O–H groups in total. The molecular weight excluding hydrogens is 267 g/mol. The Kier molecular flexibility index (Phi) is 4.45. The second kappa shape index (κ2) is 6.27. The van der Waals surface area contributed by atoms with Crippen molar-refractivity contribution in [1.82, 2.24) is 0 Å². The van der Waals surface area contributed by atoms with E-state index in [1.807, 2.05) is 0 Å². The van der Waals surface area contributed by atoms with E-state index in [0.29, 0.717) is 12.0 Å². The van der Waals surface area contributed by atoms with E-state index in [1.54, 1.807) is 0 Å². The molecule has 0 aromatic heterocycles. The van der Waals surface area contributed by atoms with E-state index in [0.717, 1.165) is 0 Å². The Bertz CT molecular complexity index is 523. The smallest absolute Gasteiger partial charge is 0.347 e. The molecule has 1 aromatic rings. The number of esters is 2. The van der Waals surface area contributed by atoms with Crippen molar-refractivity contribution in [1.29, 1.82) is 0 Å². The molecule has 0 aliphatic carbocycles. The highest BCUT2D eigenvalue weighted by molar-refractivity contribution is 5.97. The van der Waals surface area contributed by atoms with Gasteiger partial charge in [0.1, 0.15) is 5.82 Å². The van der Waals surface area contributed by atoms with Crippen LogP contribution in [0.15, 0.2) is 24.3 Å². The number of rotatable bonds is 5. The third kappa shape index (κ3) is 3.63. The third-order valence-corrected chi connectivity index (χ3v) is 2.88. The summed E-state index contributed by atoms with van der Waals surface area (Å²) in [6.07, 6.45) is -0.689. The van der Waals surface area contributed by atoms with Crippen LogP contribution in [-0.4, -0.2) is 30.4 Å². The number of ether oxygens (including phenoxy) is 2. The topological polar surface area (TPSA) is 69.7 Å². The van der Waals surface area contributed by atoms with Crippen LogP contribution in [0.5, 0.6) is 0 Å². The van der Waals surface area contributed by atoms with Crippen LogP contribution in [0.4, 0.5) is 4.39 Å². The van der Waals surface area contributed by atoms with Crippen LogP contribution >= 0.6 is 0 Å². The van der Waals surface area contributed by atoms with Crippen LogP contribution in [0.25, 0.3) is 0 Å². The van der Waals surface area contributed by atoms with Gasteiger partial charge in [-0.2, -0.15) is 0 Å². The Hall–Kier alpha value is -2.24. The zero-order chi connectivity index (χ0) is 14.5. The first-order valence-electron chi connectivity index (χ1n) is 6.21. The molecule has 0 spiro atoms. The number of cyclic esters (lactones) is 1. The van der Waals surface area contributed by atoms with Gasteiger partial charge < -0.3 is 9.47 Å². The van der Waals surface area contributed by atoms with Gasteiger partial charge in [0, 0.05) is 18.4 Å². The molecule has 2 rings (SSSR count). The van der Waals surface area contributed by atoms with Gasteiger partial charge in [0.25, 0.3) is 0 Å². The number of benzene rings is 1. The number of carbonyl (C=O) groups excluding carboxylic acids is 3. The van der Waals surface area contributed by atoms with Gasteiger partial charge in [-0.15, -0.1) is 0 Å². The van der Waals surface area contributed by atoms with Gasteiger partial charge in [0.15, 0.2) is 5.78 Å². The molecule has 0 radical (unpaired) electrons. The highest BCUT2D eigenvalue weighted by Gasteiger charge is 2.30. The Morgan fingerprint density at radius 2 is 1.95 bits per heavy atom. The van der Waals surface area contributed by atoms with Gasteiger partial charge in [-0.3, -0.25) is 9.59 Å². The van der Waals surface area contributed by atoms with Gasteiger partial charge in [0.05, 0.1) is 13.0 Å². The van der Waals surface area contributed by atoms with Gasteiger partial charge in [-0.05, 0) is 24.3 Å². The van der Waals surface area contributed by atoms with E-state index < -0.39 is 23.9 Å². The summed E-state index contributed by atoms with van der Waals surface area (Å²) in [6.45, 7) is 0.241. The van der Waals surface area contributed by atoms with E-state index in [1.165, 1.54) is 24.3 Å². The number of ketones is 1. The summed E-state index contributed by atoms with van der Waals surface area (Å²) in [6, 6.07) is 5.08. The summed E-state index contributed by atoms with van der Waals surface area (Å²) >= 11 is 0. The number of carbonyl (C=O) groups is 3. The van der Waals surface area contributed by atoms with E-state index in [9.17, 15) is 18.8 Å². The lowest BCUT2D eigenvalue weighted by molar-refractivity contribution is -0.160. The van der Waals surface area contributed by atoms with Crippen molar-refractivity contribution in [3.8, 4) is 0 Å². The Morgan fingerprint density at radius 1 is 1.25 bits per heavy atom. The minimum Gasteiger partial charge on any atom is -0.463 e. The first-order valence-corrected chi connectivity index (χ1v) is 6.21. The molecule has 5 nitrogen and oxygen atoms in total. The molecule has 1 saturated heterocycles. The van der Waals surface area contributed by atoms with Crippen molar-refractivity contribution < 1.29 is 28.2 Å². The highest BCUT2D eigenvalue weighted by atomic mass is 19.1. The predicted molar refractivity (Wildman–Crippen MR) is 65.4 cm³/mol. The van der Waals surface area contributed by atoms with Crippen molar-refractivity contribution in [3.05, 3.63) is 35.6 Å². The SMILES string of the molecule is O=C(CCC(=O)c1ccc(F)cc1)O[C@H]1CCOC1=O. The molecule has 1 aliphatic heterocycles. The average Bonchev–Trinajstić information content (AvgIpc) is 2.82. The van der Waals surface area contributed by atoms with E-state index >= 15 is 0 Å². The highest BCUT2D eigenvalue weighted by Crippen LogP contribution is 2.13. The lowest BCUT2D eigenvalue weighted by Crippen LogP contribution is -2.22. The van der Waals surface area contributed by atoms with E-state index in [2.05, 4.69) is 4.74 Å². The average molecular weight is 280 g/mol. The maximum atomic E-state index is 12.7. The van der Waals surface area contributed by atoms with Crippen molar-refractivity contribution in [2.24, 2.45) is 0 Å². The molecule has 6 heteroatoms. The summed E-state index contributed by atoms with van der Waals surface area (Å²) in [4.78, 5) is 34.3. The summed E-state index contributed by atoms with van der Waals surface area (Å²) < 4.78 is 22.3. The molecule has 106 valence electrons. The number of Topliss-reactive ketones (excluding diaryl/α,β-unsaturated/α-hetero) is 1. The zero-order valence-corrected chi connectivity index (χ0v) is 10.6. The maximum Gasteiger partial charge on any atom is 0.347 e. The summed E-state index contributed by atoms with van der Waals surface area (Å²) in [5, 5.41) is 0. The lowest BCUT2D eigenvalue weighted by atomic mass is 10.1. The molecule has 0 saturated carbocycles. The molecule has 0 unspecified atom stereocenters. The number of hydrogen-bond donors (Lipinski definition) is 0. The van der Waals surface area contributed by atoms with Crippen LogP contribution in [-0.2, 0) is 19.1 Å². The first-order chi connectivity index (χ1) is 9.56. The minimum atomic E-state index is -0.858. The van der Waals surface area contributed by atoms with Crippen molar-refractivity contribution in [2.75, 3.05) is 6.61 Å². The van der Waals surface area contributed by atoms with Gasteiger partial charge in [0.2, 0.25) is 6.10 Å². The standard InChI is InChI=1S/C14H13FO5/c15-10-3-1-9(2-4-10)11(16)5-6-13(17)20-12-7-8-19-14(12)18/h1-4,12H,5-8H2/t12-/m0/s1. The van der Waals surface area contributed by atoms with Crippen LogP contribution in [0.1, 0.15) is 29.6 Å². The molecule has 0 bridgehead atoms. The molecule has 1 atom stereocenters. The summed E-state index contributed by atoms with van der Waals surface area (Å²) in [5.74, 6) is -1.89. The Morgan fingerprint density at radius 3 is 2.55 bits per heavy atom. The first kappa shape index (κ1) is 14.2.